The summed E-state index contributed by atoms with van der Waals surface area (Å²) in [6.07, 6.45) is 0. The summed E-state index contributed by atoms with van der Waals surface area (Å²) in [5.74, 6) is 1.27. The number of ether oxygens (including phenoxy) is 2. The van der Waals surface area contributed by atoms with Gasteiger partial charge in [0.2, 0.25) is 5.91 Å². The summed E-state index contributed by atoms with van der Waals surface area (Å²) >= 11 is 1.36. The number of nitrogens with one attached hydrogen (secondary N) is 1. The maximum absolute atomic E-state index is 12.3. The highest BCUT2D eigenvalue weighted by atomic mass is 32.2. The minimum atomic E-state index is -0.276. The Morgan fingerprint density at radius 2 is 1.68 bits per heavy atom. The predicted octanol–water partition coefficient (Wildman–Crippen LogP) is 2.43. The van der Waals surface area contributed by atoms with E-state index >= 15 is 0 Å². The molecule has 144 valence electrons. The molecule has 0 saturated heterocycles. The molecule has 28 heavy (non-hydrogen) atoms. The van der Waals surface area contributed by atoms with Gasteiger partial charge in [0.15, 0.2) is 11.5 Å². The standard InChI is InChI=1S/C20H18N2O5S/c23-18(21-13-5-6-16-17(11-13)27-9-8-26-16)12-28-10-7-22-19(24)14-3-1-2-4-15(14)20(22)25/h1-6,11H,7-10,12H2,(H,21,23). The molecule has 1 N–H and O–H groups in total. The average Bonchev–Trinajstić information content (AvgIpc) is 2.96. The number of carbonyl (C=O) groups is 3. The molecule has 4 rings (SSSR count). The van der Waals surface area contributed by atoms with Crippen molar-refractivity contribution in [3.8, 4) is 11.5 Å². The van der Waals surface area contributed by atoms with E-state index in [9.17, 15) is 14.4 Å². The number of hydrogen-bond donors (Lipinski definition) is 1. The maximum atomic E-state index is 12.3. The van der Waals surface area contributed by atoms with Gasteiger partial charge in [0.05, 0.1) is 16.9 Å². The molecule has 2 aliphatic rings. The second-order valence-electron chi connectivity index (χ2n) is 6.27. The number of imide groups is 1. The molecule has 0 fully saturated rings. The second-order valence-corrected chi connectivity index (χ2v) is 7.37. The van der Waals surface area contributed by atoms with Gasteiger partial charge in [0, 0.05) is 24.1 Å². The lowest BCUT2D eigenvalue weighted by Crippen LogP contribution is -2.32. The van der Waals surface area contributed by atoms with E-state index in [1.54, 1.807) is 42.5 Å². The lowest BCUT2D eigenvalue weighted by Gasteiger charge is -2.19. The number of amides is 3. The van der Waals surface area contributed by atoms with Crippen LogP contribution in [-0.4, -0.2) is 53.9 Å². The van der Waals surface area contributed by atoms with Gasteiger partial charge in [-0.1, -0.05) is 12.1 Å². The molecule has 3 amide bonds. The summed E-state index contributed by atoms with van der Waals surface area (Å²) < 4.78 is 10.9. The number of benzene rings is 2. The molecule has 0 aliphatic carbocycles. The first-order chi connectivity index (χ1) is 13.6. The summed E-state index contributed by atoms with van der Waals surface area (Å²) in [6, 6.07) is 12.0. The Hall–Kier alpha value is -3.00. The van der Waals surface area contributed by atoms with Crippen molar-refractivity contribution in [1.82, 2.24) is 4.90 Å². The molecule has 2 aromatic rings. The van der Waals surface area contributed by atoms with Crippen molar-refractivity contribution in [2.45, 2.75) is 0 Å². The zero-order chi connectivity index (χ0) is 19.5. The number of thioether (sulfide) groups is 1. The molecule has 0 unspecified atom stereocenters. The summed E-state index contributed by atoms with van der Waals surface area (Å²) in [7, 11) is 0. The minimum Gasteiger partial charge on any atom is -0.486 e. The van der Waals surface area contributed by atoms with E-state index < -0.39 is 0 Å². The first-order valence-corrected chi connectivity index (χ1v) is 10.0. The summed E-state index contributed by atoms with van der Waals surface area (Å²) in [5, 5.41) is 2.81. The molecule has 0 bridgehead atoms. The Balaban J connectivity index is 1.24. The minimum absolute atomic E-state index is 0.163. The molecule has 0 atom stereocenters. The van der Waals surface area contributed by atoms with Gasteiger partial charge in [-0.25, -0.2) is 0 Å². The van der Waals surface area contributed by atoms with Crippen molar-refractivity contribution < 1.29 is 23.9 Å². The lowest BCUT2D eigenvalue weighted by molar-refractivity contribution is -0.113. The van der Waals surface area contributed by atoms with Gasteiger partial charge in [-0.3, -0.25) is 19.3 Å². The molecule has 2 aliphatic heterocycles. The Morgan fingerprint density at radius 3 is 2.39 bits per heavy atom. The fraction of sp³-hybridized carbons (Fsp3) is 0.250. The fourth-order valence-corrected chi connectivity index (χ4v) is 3.79. The molecule has 0 saturated carbocycles. The number of hydrogen-bond acceptors (Lipinski definition) is 6. The van der Waals surface area contributed by atoms with Crippen LogP contribution in [0.5, 0.6) is 11.5 Å². The largest absolute Gasteiger partial charge is 0.486 e. The van der Waals surface area contributed by atoms with Gasteiger partial charge in [-0.15, -0.1) is 0 Å². The van der Waals surface area contributed by atoms with Crippen LogP contribution in [0.1, 0.15) is 20.7 Å². The van der Waals surface area contributed by atoms with Crippen molar-refractivity contribution in [3.63, 3.8) is 0 Å². The Morgan fingerprint density at radius 1 is 1.00 bits per heavy atom. The molecule has 2 heterocycles. The van der Waals surface area contributed by atoms with Crippen LogP contribution in [0.3, 0.4) is 0 Å². The number of carbonyl (C=O) groups excluding carboxylic acids is 3. The highest BCUT2D eigenvalue weighted by molar-refractivity contribution is 7.99. The van der Waals surface area contributed by atoms with Crippen molar-refractivity contribution in [3.05, 3.63) is 53.6 Å². The molecule has 2 aromatic carbocycles. The summed E-state index contributed by atoms with van der Waals surface area (Å²) in [4.78, 5) is 37.9. The van der Waals surface area contributed by atoms with Crippen LogP contribution < -0.4 is 14.8 Å². The SMILES string of the molecule is O=C(CSCCN1C(=O)c2ccccc2C1=O)Nc1ccc2c(c1)OCCO2. The fourth-order valence-electron chi connectivity index (χ4n) is 3.08. The zero-order valence-corrected chi connectivity index (χ0v) is 15.8. The first kappa shape index (κ1) is 18.4. The number of anilines is 1. The van der Waals surface area contributed by atoms with E-state index in [1.165, 1.54) is 16.7 Å². The van der Waals surface area contributed by atoms with E-state index in [0.717, 1.165) is 0 Å². The Bertz CT molecular complexity index is 911. The first-order valence-electron chi connectivity index (χ1n) is 8.86. The van der Waals surface area contributed by atoms with Crippen molar-refractivity contribution in [2.24, 2.45) is 0 Å². The quantitative estimate of drug-likeness (QED) is 0.594. The third-order valence-corrected chi connectivity index (χ3v) is 5.33. The molecular formula is C20H18N2O5S. The Kier molecular flexibility index (Phi) is 5.21. The highest BCUT2D eigenvalue weighted by Crippen LogP contribution is 2.32. The van der Waals surface area contributed by atoms with Crippen molar-refractivity contribution >= 4 is 35.2 Å². The van der Waals surface area contributed by atoms with Crippen LogP contribution in [0.4, 0.5) is 5.69 Å². The van der Waals surface area contributed by atoms with Crippen LogP contribution in [0.15, 0.2) is 42.5 Å². The Labute approximate surface area is 166 Å². The molecule has 8 heteroatoms. The van der Waals surface area contributed by atoms with Crippen LogP contribution in [0, 0.1) is 0 Å². The van der Waals surface area contributed by atoms with E-state index in [4.69, 9.17) is 9.47 Å². The summed E-state index contributed by atoms with van der Waals surface area (Å²) in [5.41, 5.74) is 1.51. The zero-order valence-electron chi connectivity index (χ0n) is 15.0. The van der Waals surface area contributed by atoms with Crippen molar-refractivity contribution in [1.29, 1.82) is 0 Å². The van der Waals surface area contributed by atoms with E-state index in [-0.39, 0.29) is 30.0 Å². The van der Waals surface area contributed by atoms with Gasteiger partial charge in [0.1, 0.15) is 13.2 Å². The van der Waals surface area contributed by atoms with Gasteiger partial charge in [-0.2, -0.15) is 11.8 Å². The smallest absolute Gasteiger partial charge is 0.261 e. The van der Waals surface area contributed by atoms with Gasteiger partial charge < -0.3 is 14.8 Å². The normalized spacial score (nSPS) is 14.8. The predicted molar refractivity (Wildman–Crippen MR) is 105 cm³/mol. The topological polar surface area (TPSA) is 84.9 Å². The van der Waals surface area contributed by atoms with Crippen LogP contribution in [0.2, 0.25) is 0 Å². The molecule has 0 aromatic heterocycles. The monoisotopic (exact) mass is 398 g/mol. The van der Waals surface area contributed by atoms with Crippen LogP contribution >= 0.6 is 11.8 Å². The maximum Gasteiger partial charge on any atom is 0.261 e. The molecular weight excluding hydrogens is 380 g/mol. The number of nitrogens with zero attached hydrogens (tertiary/aromatic N) is 1. The van der Waals surface area contributed by atoms with Crippen molar-refractivity contribution in [2.75, 3.05) is 36.6 Å². The second kappa shape index (κ2) is 7.93. The van der Waals surface area contributed by atoms with Crippen LogP contribution in [0.25, 0.3) is 0 Å². The number of fused-ring (bicyclic) bond motifs is 2. The van der Waals surface area contributed by atoms with Gasteiger partial charge in [0.25, 0.3) is 11.8 Å². The van der Waals surface area contributed by atoms with E-state index in [1.807, 2.05) is 0 Å². The molecule has 7 nitrogen and oxygen atoms in total. The van der Waals surface area contributed by atoms with E-state index in [2.05, 4.69) is 5.32 Å². The molecule has 0 radical (unpaired) electrons. The highest BCUT2D eigenvalue weighted by Gasteiger charge is 2.34. The summed E-state index contributed by atoms with van der Waals surface area (Å²) in [6.45, 7) is 1.27. The van der Waals surface area contributed by atoms with Gasteiger partial charge in [-0.05, 0) is 24.3 Å². The third kappa shape index (κ3) is 3.68. The average molecular weight is 398 g/mol. The number of rotatable bonds is 6. The molecule has 0 spiro atoms. The van der Waals surface area contributed by atoms with Gasteiger partial charge >= 0.3 is 0 Å². The third-order valence-electron chi connectivity index (χ3n) is 4.40. The lowest BCUT2D eigenvalue weighted by atomic mass is 10.1. The van der Waals surface area contributed by atoms with Crippen LogP contribution in [-0.2, 0) is 4.79 Å². The van der Waals surface area contributed by atoms with E-state index in [0.29, 0.717) is 47.3 Å².